The van der Waals surface area contributed by atoms with E-state index in [4.69, 9.17) is 44.7 Å². The van der Waals surface area contributed by atoms with Crippen molar-refractivity contribution in [3.05, 3.63) is 0 Å². The number of carbonyl (C=O) groups excluding carboxylic acids is 3. The maximum atomic E-state index is 12.5. The maximum absolute atomic E-state index is 12.5. The van der Waals surface area contributed by atoms with Crippen LogP contribution in [0, 0.1) is 0 Å². The lowest BCUT2D eigenvalue weighted by molar-refractivity contribution is -0.159. The molecule has 0 aliphatic rings. The fourth-order valence-corrected chi connectivity index (χ4v) is 4.03. The Kier molecular flexibility index (Phi) is 11.5. The van der Waals surface area contributed by atoms with Gasteiger partial charge in [0.05, 0.1) is 0 Å². The molecule has 0 fully saturated rings. The molecule has 0 radical (unpaired) electrons. The van der Waals surface area contributed by atoms with Gasteiger partial charge in [0, 0.05) is 0 Å². The predicted molar refractivity (Wildman–Crippen MR) is 98.1 cm³/mol. The maximum Gasteiger partial charge on any atom is 0.654 e. The fraction of sp³-hybridized carbons (Fsp3) is 0.667. The quantitative estimate of drug-likeness (QED) is 0.0925. The molecule has 12 N–H and O–H groups in total. The summed E-state index contributed by atoms with van der Waals surface area (Å²) < 4.78 is 56.2. The van der Waals surface area contributed by atoms with E-state index in [1.54, 1.807) is 0 Å². The average molecular weight is 602 g/mol. The topological polar surface area (TPSA) is 390 Å². The predicted octanol–water partition coefficient (Wildman–Crippen LogP) is -5.70. The fourth-order valence-electron chi connectivity index (χ4n) is 1.47. The van der Waals surface area contributed by atoms with E-state index in [-0.39, 0.29) is 0 Å². The third-order valence-corrected chi connectivity index (χ3v) is 7.34. The Morgan fingerprint density at radius 2 is 0.629 bits per heavy atom. The molecule has 22 nitrogen and oxygen atoms in total. The number of hydrogen-bond donors (Lipinski definition) is 12. The van der Waals surface area contributed by atoms with Gasteiger partial charge in [0.1, 0.15) is 0 Å². The van der Waals surface area contributed by atoms with Crippen LogP contribution in [0.15, 0.2) is 0 Å². The molecular formula is C9H18O22P4. The summed E-state index contributed by atoms with van der Waals surface area (Å²) in [5.74, 6) is -17.8. The van der Waals surface area contributed by atoms with Crippen molar-refractivity contribution in [3.63, 3.8) is 0 Å². The normalized spacial score (nSPS) is 19.8. The Balaban J connectivity index is 6.11. The minimum Gasteiger partial charge on any atom is -0.379 e. The molecule has 0 aliphatic carbocycles. The Bertz CT molecular complexity index is 863. The standard InChI is InChI=1S/C9H18O22P4/c10-1(7(16)32(19,20)21)4(13)29-35(28,30-5(14)2(11)8(17)33(22,23)24)31-6(15)3(12)9(18)34(25,26)27/h1-3,7-12,16-18H,(H2,19,20,21)(H2,22,23,24)(H2,25,26,27). The van der Waals surface area contributed by atoms with Crippen molar-refractivity contribution in [3.8, 4) is 0 Å². The molecule has 6 atom stereocenters. The summed E-state index contributed by atoms with van der Waals surface area (Å²) in [6.45, 7) is 0. The third-order valence-electron chi connectivity index (χ3n) is 3.21. The highest BCUT2D eigenvalue weighted by atomic mass is 31.2. The van der Waals surface area contributed by atoms with Gasteiger partial charge >= 0.3 is 48.5 Å². The smallest absolute Gasteiger partial charge is 0.379 e. The Labute approximate surface area is 191 Å². The second-order valence-corrected chi connectivity index (χ2v) is 12.6. The summed E-state index contributed by atoms with van der Waals surface area (Å²) in [5, 5.41) is 55.5. The Hall–Kier alpha value is -1.15. The number of aliphatic hydroxyl groups is 6. The first-order valence-electron chi connectivity index (χ1n) is 7.89. The highest BCUT2D eigenvalue weighted by molar-refractivity contribution is 7.53. The molecule has 35 heavy (non-hydrogen) atoms. The number of phosphoric ester groups is 1. The van der Waals surface area contributed by atoms with Crippen LogP contribution in [-0.2, 0) is 46.2 Å². The lowest BCUT2D eigenvalue weighted by atomic mass is 10.4. The summed E-state index contributed by atoms with van der Waals surface area (Å²) in [6.07, 6.45) is -10.0. The van der Waals surface area contributed by atoms with E-state index in [0.29, 0.717) is 0 Å². The van der Waals surface area contributed by atoms with Crippen LogP contribution in [0.5, 0.6) is 0 Å². The molecule has 0 rings (SSSR count). The molecule has 206 valence electrons. The van der Waals surface area contributed by atoms with Crippen molar-refractivity contribution in [2.45, 2.75) is 35.8 Å². The molecule has 0 aromatic carbocycles. The molecule has 0 saturated carbocycles. The van der Waals surface area contributed by atoms with Gasteiger partial charge in [-0.05, 0) is 0 Å². The van der Waals surface area contributed by atoms with Crippen molar-refractivity contribution < 1.29 is 106 Å². The number of hydrogen-bond acceptors (Lipinski definition) is 16. The molecule has 0 heterocycles. The lowest BCUT2D eigenvalue weighted by Crippen LogP contribution is -2.38. The van der Waals surface area contributed by atoms with Gasteiger partial charge in [-0.2, -0.15) is 4.57 Å². The zero-order valence-corrected chi connectivity index (χ0v) is 19.8. The third kappa shape index (κ3) is 10.0. The van der Waals surface area contributed by atoms with Crippen molar-refractivity contribution >= 4 is 48.5 Å². The van der Waals surface area contributed by atoms with E-state index in [2.05, 4.69) is 13.6 Å². The first-order valence-corrected chi connectivity index (χ1v) is 14.4. The largest absolute Gasteiger partial charge is 0.654 e. The molecule has 6 unspecified atom stereocenters. The SMILES string of the molecule is O=C(OP(=O)(OC(=O)C(O)C(O)P(=O)(O)O)OC(=O)C(O)C(O)P(=O)(O)O)C(O)C(O)P(=O)(O)O. The van der Waals surface area contributed by atoms with Crippen molar-refractivity contribution in [1.29, 1.82) is 0 Å². The molecular weight excluding hydrogens is 584 g/mol. The molecule has 0 aromatic heterocycles. The molecule has 0 spiro atoms. The Morgan fingerprint density at radius 3 is 0.771 bits per heavy atom. The summed E-state index contributed by atoms with van der Waals surface area (Å²) in [4.78, 5) is 87.4. The number of carbonyl (C=O) groups is 3. The highest BCUT2D eigenvalue weighted by Crippen LogP contribution is 2.53. The number of phosphoric acid groups is 1. The molecule has 26 heteroatoms. The van der Waals surface area contributed by atoms with Gasteiger partial charge in [-0.3, -0.25) is 13.7 Å². The average Bonchev–Trinajstić information content (AvgIpc) is 2.67. The molecule has 0 aliphatic heterocycles. The van der Waals surface area contributed by atoms with Gasteiger partial charge in [0.25, 0.3) is 0 Å². The van der Waals surface area contributed by atoms with Crippen LogP contribution in [0.25, 0.3) is 0 Å². The van der Waals surface area contributed by atoms with Crippen LogP contribution in [0.1, 0.15) is 0 Å². The lowest BCUT2D eigenvalue weighted by Gasteiger charge is -2.24. The second kappa shape index (κ2) is 11.9. The van der Waals surface area contributed by atoms with Crippen LogP contribution in [0.4, 0.5) is 0 Å². The molecule has 0 aromatic rings. The molecule has 0 bridgehead atoms. The van der Waals surface area contributed by atoms with E-state index >= 15 is 0 Å². The van der Waals surface area contributed by atoms with E-state index < -0.39 is 84.4 Å². The minimum absolute atomic E-state index is 2.63. The van der Waals surface area contributed by atoms with Gasteiger partial charge in [-0.25, -0.2) is 14.4 Å². The monoisotopic (exact) mass is 602 g/mol. The zero-order valence-electron chi connectivity index (χ0n) is 16.2. The highest BCUT2D eigenvalue weighted by Gasteiger charge is 2.50. The van der Waals surface area contributed by atoms with Gasteiger partial charge < -0.3 is 73.6 Å². The summed E-state index contributed by atoms with van der Waals surface area (Å²) in [5.41, 5.74) is 0. The van der Waals surface area contributed by atoms with Crippen LogP contribution in [0.3, 0.4) is 0 Å². The van der Waals surface area contributed by atoms with Crippen molar-refractivity contribution in [2.24, 2.45) is 0 Å². The first kappa shape index (κ1) is 33.8. The minimum atomic E-state index is -6.45. The van der Waals surface area contributed by atoms with Crippen LogP contribution in [0.2, 0.25) is 0 Å². The number of rotatable bonds is 12. The van der Waals surface area contributed by atoms with Gasteiger partial charge in [-0.1, -0.05) is 0 Å². The van der Waals surface area contributed by atoms with E-state index in [9.17, 15) is 48.0 Å². The first-order chi connectivity index (χ1) is 15.3. The van der Waals surface area contributed by atoms with Gasteiger partial charge in [-0.15, -0.1) is 0 Å². The summed E-state index contributed by atoms with van der Waals surface area (Å²) in [6, 6.07) is 0. The van der Waals surface area contributed by atoms with Crippen molar-refractivity contribution in [2.75, 3.05) is 0 Å². The molecule has 0 amide bonds. The summed E-state index contributed by atoms with van der Waals surface area (Å²) >= 11 is 0. The van der Waals surface area contributed by atoms with E-state index in [1.807, 2.05) is 0 Å². The zero-order chi connectivity index (χ0) is 28.3. The van der Waals surface area contributed by atoms with Gasteiger partial charge in [0.15, 0.2) is 35.8 Å². The van der Waals surface area contributed by atoms with Crippen LogP contribution >= 0.6 is 30.6 Å². The van der Waals surface area contributed by atoms with E-state index in [0.717, 1.165) is 0 Å². The molecule has 0 saturated heterocycles. The number of aliphatic hydroxyl groups excluding tert-OH is 6. The van der Waals surface area contributed by atoms with Crippen molar-refractivity contribution in [1.82, 2.24) is 0 Å². The summed E-state index contributed by atoms with van der Waals surface area (Å²) in [7, 11) is -23.6. The van der Waals surface area contributed by atoms with Crippen LogP contribution in [-0.4, -0.2) is 114 Å². The van der Waals surface area contributed by atoms with E-state index in [1.165, 1.54) is 0 Å². The second-order valence-electron chi connectivity index (χ2n) is 6.02. The Morgan fingerprint density at radius 1 is 0.457 bits per heavy atom. The van der Waals surface area contributed by atoms with Crippen LogP contribution < -0.4 is 0 Å². The van der Waals surface area contributed by atoms with Gasteiger partial charge in [0.2, 0.25) is 0 Å².